The maximum absolute atomic E-state index is 13.4. The molecule has 0 aromatic heterocycles. The van der Waals surface area contributed by atoms with Crippen LogP contribution in [-0.4, -0.2) is 0 Å². The lowest BCUT2D eigenvalue weighted by molar-refractivity contribution is 0.419. The third kappa shape index (κ3) is 2.65. The largest absolute Gasteiger partial charge is 0.320 e. The second-order valence-corrected chi connectivity index (χ2v) is 6.30. The van der Waals surface area contributed by atoms with Gasteiger partial charge in [0.15, 0.2) is 0 Å². The summed E-state index contributed by atoms with van der Waals surface area (Å²) in [7, 11) is 0. The summed E-state index contributed by atoms with van der Waals surface area (Å²) in [5, 5.41) is 0. The first-order valence-electron chi connectivity index (χ1n) is 6.95. The molecule has 1 unspecified atom stereocenters. The van der Waals surface area contributed by atoms with Gasteiger partial charge in [0.05, 0.1) is 6.04 Å². The van der Waals surface area contributed by atoms with Gasteiger partial charge in [-0.2, -0.15) is 0 Å². The van der Waals surface area contributed by atoms with Crippen LogP contribution in [0.4, 0.5) is 4.39 Å². The van der Waals surface area contributed by atoms with Gasteiger partial charge < -0.3 is 5.73 Å². The lowest BCUT2D eigenvalue weighted by atomic mass is 9.79. The van der Waals surface area contributed by atoms with Crippen LogP contribution in [0.2, 0.25) is 0 Å². The van der Waals surface area contributed by atoms with E-state index in [0.29, 0.717) is 5.92 Å². The van der Waals surface area contributed by atoms with E-state index in [2.05, 4.69) is 34.1 Å². The zero-order chi connectivity index (χ0) is 14.1. The monoisotopic (exact) mass is 333 g/mol. The summed E-state index contributed by atoms with van der Waals surface area (Å²) in [6, 6.07) is 12.8. The highest BCUT2D eigenvalue weighted by molar-refractivity contribution is 9.10. The minimum atomic E-state index is -0.305. The van der Waals surface area contributed by atoms with Gasteiger partial charge in [-0.15, -0.1) is 0 Å². The van der Waals surface area contributed by atoms with E-state index in [1.165, 1.54) is 37.0 Å². The molecule has 2 aromatic carbocycles. The van der Waals surface area contributed by atoms with Crippen molar-refractivity contribution in [1.82, 2.24) is 0 Å². The topological polar surface area (TPSA) is 26.0 Å². The quantitative estimate of drug-likeness (QED) is 0.848. The second-order valence-electron chi connectivity index (χ2n) is 5.44. The average molecular weight is 334 g/mol. The normalized spacial score (nSPS) is 16.8. The van der Waals surface area contributed by atoms with Crippen molar-refractivity contribution >= 4 is 15.9 Å². The Morgan fingerprint density at radius 3 is 2.65 bits per heavy atom. The first-order chi connectivity index (χ1) is 9.65. The van der Waals surface area contributed by atoms with Crippen LogP contribution < -0.4 is 5.73 Å². The minimum Gasteiger partial charge on any atom is -0.320 e. The van der Waals surface area contributed by atoms with Gasteiger partial charge in [0.1, 0.15) is 5.82 Å². The van der Waals surface area contributed by atoms with Crippen molar-refractivity contribution in [3.63, 3.8) is 0 Å². The standard InChI is InChI=1S/C17H17BrFN/c18-16-8-7-14(19)10-15(16)17(20)13-6-2-5-12(9-13)11-3-1-4-11/h2,5-11,17H,1,3-4,20H2. The Labute approximate surface area is 127 Å². The zero-order valence-corrected chi connectivity index (χ0v) is 12.7. The third-order valence-corrected chi connectivity index (χ3v) is 4.86. The van der Waals surface area contributed by atoms with Gasteiger partial charge in [-0.3, -0.25) is 0 Å². The Balaban J connectivity index is 1.93. The van der Waals surface area contributed by atoms with Crippen molar-refractivity contribution in [2.24, 2.45) is 5.73 Å². The van der Waals surface area contributed by atoms with E-state index in [1.807, 2.05) is 6.07 Å². The van der Waals surface area contributed by atoms with Gasteiger partial charge in [0.2, 0.25) is 0 Å². The molecule has 0 saturated heterocycles. The summed E-state index contributed by atoms with van der Waals surface area (Å²) in [6.45, 7) is 0. The number of nitrogens with two attached hydrogens (primary N) is 1. The van der Waals surface area contributed by atoms with Crippen LogP contribution in [0.15, 0.2) is 46.9 Å². The van der Waals surface area contributed by atoms with Crippen molar-refractivity contribution in [2.75, 3.05) is 0 Å². The average Bonchev–Trinajstić information content (AvgIpc) is 2.39. The number of halogens is 2. The Kier molecular flexibility index (Phi) is 3.90. The molecule has 20 heavy (non-hydrogen) atoms. The second kappa shape index (κ2) is 5.66. The molecule has 2 N–H and O–H groups in total. The maximum atomic E-state index is 13.4. The Morgan fingerprint density at radius 2 is 1.95 bits per heavy atom. The molecule has 0 spiro atoms. The Morgan fingerprint density at radius 1 is 1.15 bits per heavy atom. The summed E-state index contributed by atoms with van der Waals surface area (Å²) >= 11 is 3.45. The first-order valence-corrected chi connectivity index (χ1v) is 7.75. The van der Waals surface area contributed by atoms with E-state index < -0.39 is 0 Å². The summed E-state index contributed by atoms with van der Waals surface area (Å²) in [4.78, 5) is 0. The Hall–Kier alpha value is -1.19. The molecule has 2 aromatic rings. The molecule has 1 aliphatic rings. The lowest BCUT2D eigenvalue weighted by Gasteiger charge is -2.26. The molecule has 0 bridgehead atoms. The maximum Gasteiger partial charge on any atom is 0.123 e. The molecule has 0 aliphatic heterocycles. The molecule has 3 heteroatoms. The van der Waals surface area contributed by atoms with E-state index in [0.717, 1.165) is 15.6 Å². The minimum absolute atomic E-state index is 0.256. The summed E-state index contributed by atoms with van der Waals surface area (Å²) in [6.07, 6.45) is 3.85. The molecule has 3 rings (SSSR count). The highest BCUT2D eigenvalue weighted by Gasteiger charge is 2.21. The number of hydrogen-bond acceptors (Lipinski definition) is 1. The van der Waals surface area contributed by atoms with Crippen molar-refractivity contribution in [1.29, 1.82) is 0 Å². The predicted molar refractivity (Wildman–Crippen MR) is 83.2 cm³/mol. The van der Waals surface area contributed by atoms with Gasteiger partial charge in [0, 0.05) is 4.47 Å². The van der Waals surface area contributed by atoms with Crippen LogP contribution >= 0.6 is 15.9 Å². The molecular weight excluding hydrogens is 317 g/mol. The summed E-state index contributed by atoms with van der Waals surface area (Å²) in [5.74, 6) is 0.423. The predicted octanol–water partition coefficient (Wildman–Crippen LogP) is 4.90. The van der Waals surface area contributed by atoms with Crippen LogP contribution in [0.25, 0.3) is 0 Å². The SMILES string of the molecule is NC(c1cccc(C2CCC2)c1)c1cc(F)ccc1Br. The van der Waals surface area contributed by atoms with Gasteiger partial charge in [-0.1, -0.05) is 46.6 Å². The number of hydrogen-bond donors (Lipinski definition) is 1. The molecule has 1 aliphatic carbocycles. The van der Waals surface area contributed by atoms with E-state index in [-0.39, 0.29) is 11.9 Å². The van der Waals surface area contributed by atoms with Crippen molar-refractivity contribution in [3.8, 4) is 0 Å². The van der Waals surface area contributed by atoms with E-state index in [1.54, 1.807) is 6.07 Å². The fourth-order valence-corrected chi connectivity index (χ4v) is 3.17. The third-order valence-electron chi connectivity index (χ3n) is 4.14. The van der Waals surface area contributed by atoms with E-state index >= 15 is 0 Å². The van der Waals surface area contributed by atoms with Crippen LogP contribution in [0.1, 0.15) is 47.9 Å². The fourth-order valence-electron chi connectivity index (χ4n) is 2.68. The smallest absolute Gasteiger partial charge is 0.123 e. The number of rotatable bonds is 3. The summed E-state index contributed by atoms with van der Waals surface area (Å²) in [5.41, 5.74) is 9.51. The fraction of sp³-hybridized carbons (Fsp3) is 0.294. The summed E-state index contributed by atoms with van der Waals surface area (Å²) < 4.78 is 14.3. The number of benzene rings is 2. The molecule has 1 atom stereocenters. The van der Waals surface area contributed by atoms with Gasteiger partial charge in [-0.05, 0) is 53.6 Å². The molecule has 0 radical (unpaired) electrons. The first kappa shape index (κ1) is 13.8. The van der Waals surface area contributed by atoms with Crippen LogP contribution in [0.5, 0.6) is 0 Å². The van der Waals surface area contributed by atoms with Crippen molar-refractivity contribution in [2.45, 2.75) is 31.2 Å². The van der Waals surface area contributed by atoms with Crippen LogP contribution in [-0.2, 0) is 0 Å². The zero-order valence-electron chi connectivity index (χ0n) is 11.2. The molecule has 1 fully saturated rings. The van der Waals surface area contributed by atoms with E-state index in [4.69, 9.17) is 5.73 Å². The molecule has 0 heterocycles. The Bertz CT molecular complexity index is 622. The molecule has 1 nitrogen and oxygen atoms in total. The van der Waals surface area contributed by atoms with Crippen molar-refractivity contribution in [3.05, 3.63) is 69.4 Å². The lowest BCUT2D eigenvalue weighted by Crippen LogP contribution is -2.14. The molecule has 104 valence electrons. The van der Waals surface area contributed by atoms with Gasteiger partial charge in [-0.25, -0.2) is 4.39 Å². The highest BCUT2D eigenvalue weighted by atomic mass is 79.9. The molecule has 0 amide bonds. The van der Waals surface area contributed by atoms with E-state index in [9.17, 15) is 4.39 Å². The van der Waals surface area contributed by atoms with Gasteiger partial charge in [0.25, 0.3) is 0 Å². The molecular formula is C17H17BrFN. The van der Waals surface area contributed by atoms with Crippen molar-refractivity contribution < 1.29 is 4.39 Å². The highest BCUT2D eigenvalue weighted by Crippen LogP contribution is 2.37. The van der Waals surface area contributed by atoms with Gasteiger partial charge >= 0.3 is 0 Å². The van der Waals surface area contributed by atoms with Crippen LogP contribution in [0.3, 0.4) is 0 Å². The molecule has 1 saturated carbocycles. The van der Waals surface area contributed by atoms with Crippen LogP contribution in [0, 0.1) is 5.82 Å².